The zero-order valence-electron chi connectivity index (χ0n) is 11.6. The first-order chi connectivity index (χ1) is 8.92. The molecule has 1 saturated heterocycles. The van der Waals surface area contributed by atoms with Crippen molar-refractivity contribution in [3.63, 3.8) is 0 Å². The monoisotopic (exact) mass is 287 g/mol. The van der Waals surface area contributed by atoms with Gasteiger partial charge in [-0.1, -0.05) is 0 Å². The van der Waals surface area contributed by atoms with E-state index < -0.39 is 10.0 Å². The molecule has 0 aromatic carbocycles. The highest BCUT2D eigenvalue weighted by Gasteiger charge is 2.25. The molecule has 1 fully saturated rings. The average molecular weight is 287 g/mol. The topological polar surface area (TPSA) is 73.2 Å². The summed E-state index contributed by atoms with van der Waals surface area (Å²) in [6, 6.07) is 0. The summed E-state index contributed by atoms with van der Waals surface area (Å²) in [5.41, 5.74) is 1.17. The molecule has 1 aromatic rings. The normalized spacial score (nSPS) is 20.7. The van der Waals surface area contributed by atoms with E-state index in [0.29, 0.717) is 17.9 Å². The van der Waals surface area contributed by atoms with Gasteiger partial charge in [-0.3, -0.25) is 4.68 Å². The summed E-state index contributed by atoms with van der Waals surface area (Å²) >= 11 is 0. The molecule has 0 saturated carbocycles. The van der Waals surface area contributed by atoms with E-state index in [2.05, 4.69) is 9.82 Å². The number of ether oxygens (including phenoxy) is 1. The van der Waals surface area contributed by atoms with E-state index in [1.54, 1.807) is 25.6 Å². The number of aromatic nitrogens is 2. The molecule has 19 heavy (non-hydrogen) atoms. The Labute approximate surface area is 114 Å². The SMILES string of the molecule is Cc1nn(C)c(C)c1S(=O)(=O)NCC1CCCCO1. The lowest BCUT2D eigenvalue weighted by atomic mass is 10.1. The molecule has 7 heteroatoms. The Morgan fingerprint density at radius 1 is 1.42 bits per heavy atom. The summed E-state index contributed by atoms with van der Waals surface area (Å²) < 4.78 is 34.4. The summed E-state index contributed by atoms with van der Waals surface area (Å²) in [6.07, 6.45) is 3.05. The molecule has 6 nitrogen and oxygen atoms in total. The van der Waals surface area contributed by atoms with Crippen LogP contribution in [0.15, 0.2) is 4.90 Å². The quantitative estimate of drug-likeness (QED) is 0.892. The smallest absolute Gasteiger partial charge is 0.244 e. The molecule has 1 unspecified atom stereocenters. The molecule has 0 aliphatic carbocycles. The maximum atomic E-state index is 12.3. The van der Waals surface area contributed by atoms with Crippen molar-refractivity contribution in [3.8, 4) is 0 Å². The molecule has 0 spiro atoms. The average Bonchev–Trinajstić information content (AvgIpc) is 2.63. The van der Waals surface area contributed by atoms with Crippen LogP contribution >= 0.6 is 0 Å². The van der Waals surface area contributed by atoms with E-state index in [1.807, 2.05) is 0 Å². The summed E-state index contributed by atoms with van der Waals surface area (Å²) in [5.74, 6) is 0. The van der Waals surface area contributed by atoms with E-state index in [9.17, 15) is 8.42 Å². The van der Waals surface area contributed by atoms with Crippen molar-refractivity contribution < 1.29 is 13.2 Å². The minimum absolute atomic E-state index is 0.0131. The van der Waals surface area contributed by atoms with Crippen LogP contribution in [-0.2, 0) is 21.8 Å². The molecule has 2 heterocycles. The Balaban J connectivity index is 2.09. The fraction of sp³-hybridized carbons (Fsp3) is 0.750. The highest BCUT2D eigenvalue weighted by Crippen LogP contribution is 2.19. The summed E-state index contributed by atoms with van der Waals surface area (Å²) in [4.78, 5) is 0.283. The maximum Gasteiger partial charge on any atom is 0.244 e. The van der Waals surface area contributed by atoms with Crippen LogP contribution in [0.3, 0.4) is 0 Å². The highest BCUT2D eigenvalue weighted by molar-refractivity contribution is 7.89. The molecule has 0 bridgehead atoms. The molecule has 1 aliphatic rings. The van der Waals surface area contributed by atoms with Gasteiger partial charge >= 0.3 is 0 Å². The first-order valence-corrected chi connectivity index (χ1v) is 8.01. The van der Waals surface area contributed by atoms with Gasteiger partial charge in [0.25, 0.3) is 0 Å². The predicted octanol–water partition coefficient (Wildman–Crippen LogP) is 0.884. The van der Waals surface area contributed by atoms with Crippen molar-refractivity contribution in [2.45, 2.75) is 44.1 Å². The molecule has 1 atom stereocenters. The molecule has 1 aromatic heterocycles. The number of nitrogens with one attached hydrogen (secondary N) is 1. The molecule has 0 radical (unpaired) electrons. The number of hydrogen-bond acceptors (Lipinski definition) is 4. The van der Waals surface area contributed by atoms with Crippen LogP contribution in [0.5, 0.6) is 0 Å². The van der Waals surface area contributed by atoms with Crippen LogP contribution in [0.1, 0.15) is 30.7 Å². The van der Waals surface area contributed by atoms with Gasteiger partial charge in [0.1, 0.15) is 4.90 Å². The number of nitrogens with zero attached hydrogens (tertiary/aromatic N) is 2. The molecular formula is C12H21N3O3S. The van der Waals surface area contributed by atoms with Crippen molar-refractivity contribution in [2.24, 2.45) is 7.05 Å². The first kappa shape index (κ1) is 14.5. The summed E-state index contributed by atoms with van der Waals surface area (Å²) in [7, 11) is -1.77. The van der Waals surface area contributed by atoms with E-state index in [0.717, 1.165) is 25.9 Å². The fourth-order valence-corrected chi connectivity index (χ4v) is 3.89. The second-order valence-corrected chi connectivity index (χ2v) is 6.67. The van der Waals surface area contributed by atoms with Crippen molar-refractivity contribution in [1.29, 1.82) is 0 Å². The van der Waals surface area contributed by atoms with Crippen LogP contribution in [0, 0.1) is 13.8 Å². The lowest BCUT2D eigenvalue weighted by Crippen LogP contribution is -2.35. The third kappa shape index (κ3) is 3.16. The van der Waals surface area contributed by atoms with Gasteiger partial charge in [0.05, 0.1) is 17.5 Å². The fourth-order valence-electron chi connectivity index (χ4n) is 2.39. The Morgan fingerprint density at radius 2 is 2.16 bits per heavy atom. The summed E-state index contributed by atoms with van der Waals surface area (Å²) in [6.45, 7) is 4.51. The van der Waals surface area contributed by atoms with Crippen LogP contribution in [0.4, 0.5) is 0 Å². The Hall–Kier alpha value is -0.920. The molecule has 1 N–H and O–H groups in total. The van der Waals surface area contributed by atoms with Crippen molar-refractivity contribution >= 4 is 10.0 Å². The third-order valence-electron chi connectivity index (χ3n) is 3.49. The summed E-state index contributed by atoms with van der Waals surface area (Å²) in [5, 5.41) is 4.14. The standard InChI is InChI=1S/C12H21N3O3S/c1-9-12(10(2)15(3)14-9)19(16,17)13-8-11-6-4-5-7-18-11/h11,13H,4-8H2,1-3H3. The third-order valence-corrected chi connectivity index (χ3v) is 5.16. The Bertz CT molecular complexity index is 545. The van der Waals surface area contributed by atoms with Gasteiger partial charge in [-0.05, 0) is 33.1 Å². The van der Waals surface area contributed by atoms with E-state index in [-0.39, 0.29) is 11.0 Å². The van der Waals surface area contributed by atoms with Gasteiger partial charge < -0.3 is 4.74 Å². The van der Waals surface area contributed by atoms with E-state index >= 15 is 0 Å². The molecule has 108 valence electrons. The minimum Gasteiger partial charge on any atom is -0.377 e. The number of rotatable bonds is 4. The van der Waals surface area contributed by atoms with Gasteiger partial charge in [0.2, 0.25) is 10.0 Å². The first-order valence-electron chi connectivity index (χ1n) is 6.53. The largest absolute Gasteiger partial charge is 0.377 e. The molecule has 2 rings (SSSR count). The van der Waals surface area contributed by atoms with Gasteiger partial charge in [0, 0.05) is 20.2 Å². The lowest BCUT2D eigenvalue weighted by molar-refractivity contribution is 0.0200. The molecular weight excluding hydrogens is 266 g/mol. The van der Waals surface area contributed by atoms with E-state index in [1.165, 1.54) is 0 Å². The van der Waals surface area contributed by atoms with Crippen LogP contribution in [0.25, 0.3) is 0 Å². The lowest BCUT2D eigenvalue weighted by Gasteiger charge is -2.22. The second-order valence-electron chi connectivity index (χ2n) is 4.96. The Kier molecular flexibility index (Phi) is 4.27. The van der Waals surface area contributed by atoms with Crippen LogP contribution in [0.2, 0.25) is 0 Å². The van der Waals surface area contributed by atoms with Crippen molar-refractivity contribution in [3.05, 3.63) is 11.4 Å². The molecule has 0 amide bonds. The Morgan fingerprint density at radius 3 is 2.68 bits per heavy atom. The molecule has 1 aliphatic heterocycles. The zero-order valence-corrected chi connectivity index (χ0v) is 12.5. The van der Waals surface area contributed by atoms with Crippen LogP contribution < -0.4 is 4.72 Å². The van der Waals surface area contributed by atoms with Crippen LogP contribution in [-0.4, -0.2) is 37.5 Å². The number of sulfonamides is 1. The number of aryl methyl sites for hydroxylation is 2. The van der Waals surface area contributed by atoms with Gasteiger partial charge in [-0.15, -0.1) is 0 Å². The maximum absolute atomic E-state index is 12.3. The predicted molar refractivity (Wildman–Crippen MR) is 71.5 cm³/mol. The van der Waals surface area contributed by atoms with Crippen molar-refractivity contribution in [1.82, 2.24) is 14.5 Å². The van der Waals surface area contributed by atoms with Gasteiger partial charge in [-0.25, -0.2) is 13.1 Å². The number of hydrogen-bond donors (Lipinski definition) is 1. The second kappa shape index (κ2) is 5.60. The zero-order chi connectivity index (χ0) is 14.0. The van der Waals surface area contributed by atoms with Gasteiger partial charge in [0.15, 0.2) is 0 Å². The van der Waals surface area contributed by atoms with Crippen molar-refractivity contribution in [2.75, 3.05) is 13.2 Å². The highest BCUT2D eigenvalue weighted by atomic mass is 32.2. The van der Waals surface area contributed by atoms with E-state index in [4.69, 9.17) is 4.74 Å². The minimum atomic E-state index is -3.51. The van der Waals surface area contributed by atoms with Gasteiger partial charge in [-0.2, -0.15) is 5.10 Å².